The third-order valence-corrected chi connectivity index (χ3v) is 4.81. The average molecular weight is 335 g/mol. The van der Waals surface area contributed by atoms with Crippen molar-refractivity contribution in [3.8, 4) is 5.75 Å². The Morgan fingerprint density at radius 2 is 1.96 bits per heavy atom. The fourth-order valence-corrected chi connectivity index (χ4v) is 3.19. The van der Waals surface area contributed by atoms with Crippen LogP contribution in [-0.4, -0.2) is 42.8 Å². The monoisotopic (exact) mass is 335 g/mol. The zero-order chi connectivity index (χ0) is 17.7. The van der Waals surface area contributed by atoms with Crippen molar-refractivity contribution in [1.29, 1.82) is 0 Å². The van der Waals surface area contributed by atoms with E-state index in [4.69, 9.17) is 9.47 Å². The lowest BCUT2D eigenvalue weighted by Gasteiger charge is -2.37. The number of ether oxygens (including phenoxy) is 2. The number of carbonyl (C=O) groups excluding carboxylic acids is 1. The third-order valence-electron chi connectivity index (χ3n) is 4.81. The summed E-state index contributed by atoms with van der Waals surface area (Å²) in [6, 6.07) is 5.49. The molecule has 1 saturated carbocycles. The van der Waals surface area contributed by atoms with E-state index in [1.54, 1.807) is 20.3 Å². The molecule has 1 aromatic rings. The van der Waals surface area contributed by atoms with Gasteiger partial charge in [-0.1, -0.05) is 6.07 Å². The van der Waals surface area contributed by atoms with Gasteiger partial charge in [-0.3, -0.25) is 4.79 Å². The Kier molecular flexibility index (Phi) is 5.83. The highest BCUT2D eigenvalue weighted by Crippen LogP contribution is 2.30. The van der Waals surface area contributed by atoms with Crippen LogP contribution in [0, 0.1) is 6.92 Å². The molecule has 0 unspecified atom stereocenters. The molecule has 0 bridgehead atoms. The van der Waals surface area contributed by atoms with Crippen LogP contribution in [-0.2, 0) is 20.7 Å². The molecule has 1 aliphatic rings. The van der Waals surface area contributed by atoms with Gasteiger partial charge in [0.05, 0.1) is 19.6 Å². The second-order valence-corrected chi connectivity index (χ2v) is 6.34. The highest BCUT2D eigenvalue weighted by Gasteiger charge is 2.43. The molecule has 0 aromatic heterocycles. The number of nitrogens with one attached hydrogen (secondary N) is 1. The normalized spacial score (nSPS) is 23.5. The van der Waals surface area contributed by atoms with Crippen molar-refractivity contribution in [2.24, 2.45) is 0 Å². The number of aliphatic carboxylic acids is 1. The number of hydrogen-bond donors (Lipinski definition) is 2. The lowest BCUT2D eigenvalue weighted by Crippen LogP contribution is -2.57. The Balaban J connectivity index is 2.05. The fourth-order valence-electron chi connectivity index (χ4n) is 3.19. The summed E-state index contributed by atoms with van der Waals surface area (Å²) in [5, 5.41) is 12.4. The van der Waals surface area contributed by atoms with E-state index in [1.807, 2.05) is 19.1 Å². The molecule has 6 nitrogen and oxygen atoms in total. The van der Waals surface area contributed by atoms with Crippen LogP contribution < -0.4 is 10.1 Å². The number of rotatable bonds is 6. The van der Waals surface area contributed by atoms with Crippen LogP contribution in [0.1, 0.15) is 36.8 Å². The van der Waals surface area contributed by atoms with Crippen molar-refractivity contribution >= 4 is 11.9 Å². The Morgan fingerprint density at radius 3 is 2.46 bits per heavy atom. The van der Waals surface area contributed by atoms with Crippen LogP contribution in [0.25, 0.3) is 0 Å². The molecule has 0 saturated heterocycles. The maximum absolute atomic E-state index is 12.4. The first kappa shape index (κ1) is 18.3. The van der Waals surface area contributed by atoms with Crippen LogP contribution >= 0.6 is 0 Å². The Hall–Kier alpha value is -2.08. The standard InChI is InChI=1S/C18H25NO5/c1-12-10-15(24-3)5-4-13(12)11-16(20)19-18(17(21)22)8-6-14(23-2)7-9-18/h4-5,10,14H,6-9,11H2,1-3H3,(H,19,20)(H,21,22). The molecule has 24 heavy (non-hydrogen) atoms. The molecule has 0 radical (unpaired) electrons. The van der Waals surface area contributed by atoms with E-state index in [0.29, 0.717) is 25.7 Å². The number of carboxylic acids is 1. The minimum absolute atomic E-state index is 0.0678. The van der Waals surface area contributed by atoms with Crippen molar-refractivity contribution in [2.75, 3.05) is 14.2 Å². The summed E-state index contributed by atoms with van der Waals surface area (Å²) in [6.07, 6.45) is 2.24. The lowest BCUT2D eigenvalue weighted by atomic mass is 9.80. The van der Waals surface area contributed by atoms with Crippen molar-refractivity contribution < 1.29 is 24.2 Å². The molecule has 1 aromatic carbocycles. The molecule has 2 N–H and O–H groups in total. The first-order valence-corrected chi connectivity index (χ1v) is 8.11. The Bertz CT molecular complexity index is 605. The summed E-state index contributed by atoms with van der Waals surface area (Å²) in [6.45, 7) is 1.90. The van der Waals surface area contributed by atoms with Crippen LogP contribution in [0.15, 0.2) is 18.2 Å². The number of carboxylic acid groups (broad SMARTS) is 1. The predicted octanol–water partition coefficient (Wildman–Crippen LogP) is 2.07. The summed E-state index contributed by atoms with van der Waals surface area (Å²) in [7, 11) is 3.22. The van der Waals surface area contributed by atoms with Gasteiger partial charge in [0.25, 0.3) is 0 Å². The SMILES string of the molecule is COc1ccc(CC(=O)NC2(C(=O)O)CCC(OC)CC2)c(C)c1. The third kappa shape index (κ3) is 4.06. The highest BCUT2D eigenvalue weighted by molar-refractivity contribution is 5.88. The van der Waals surface area contributed by atoms with E-state index in [1.165, 1.54) is 0 Å². The first-order valence-electron chi connectivity index (χ1n) is 8.11. The van der Waals surface area contributed by atoms with Crippen LogP contribution in [0.4, 0.5) is 0 Å². The predicted molar refractivity (Wildman–Crippen MR) is 89.2 cm³/mol. The maximum atomic E-state index is 12.4. The average Bonchev–Trinajstić information content (AvgIpc) is 2.57. The summed E-state index contributed by atoms with van der Waals surface area (Å²) < 4.78 is 10.4. The molecule has 0 aliphatic heterocycles. The van der Waals surface area contributed by atoms with Gasteiger partial charge in [-0.25, -0.2) is 4.79 Å². The van der Waals surface area contributed by atoms with Gasteiger partial charge in [0.15, 0.2) is 0 Å². The number of methoxy groups -OCH3 is 2. The van der Waals surface area contributed by atoms with Crippen LogP contribution in [0.5, 0.6) is 5.75 Å². The van der Waals surface area contributed by atoms with Gasteiger partial charge < -0.3 is 19.9 Å². The van der Waals surface area contributed by atoms with E-state index >= 15 is 0 Å². The van der Waals surface area contributed by atoms with Gasteiger partial charge in [0.1, 0.15) is 11.3 Å². The largest absolute Gasteiger partial charge is 0.497 e. The summed E-state index contributed by atoms with van der Waals surface area (Å²) >= 11 is 0. The molecule has 132 valence electrons. The molecule has 0 spiro atoms. The van der Waals surface area contributed by atoms with Gasteiger partial charge in [0, 0.05) is 7.11 Å². The van der Waals surface area contributed by atoms with Gasteiger partial charge >= 0.3 is 5.97 Å². The second-order valence-electron chi connectivity index (χ2n) is 6.34. The molecule has 0 heterocycles. The Morgan fingerprint density at radius 1 is 1.29 bits per heavy atom. The summed E-state index contributed by atoms with van der Waals surface area (Å²) in [4.78, 5) is 24.1. The van der Waals surface area contributed by atoms with Crippen molar-refractivity contribution in [3.63, 3.8) is 0 Å². The highest BCUT2D eigenvalue weighted by atomic mass is 16.5. The minimum atomic E-state index is -1.19. The number of hydrogen-bond acceptors (Lipinski definition) is 4. The summed E-state index contributed by atoms with van der Waals surface area (Å²) in [5.41, 5.74) is 0.614. The van der Waals surface area contributed by atoms with Crippen LogP contribution in [0.3, 0.4) is 0 Å². The van der Waals surface area contributed by atoms with Crippen molar-refractivity contribution in [2.45, 2.75) is 50.7 Å². The molecule has 1 fully saturated rings. The van der Waals surface area contributed by atoms with Gasteiger partial charge in [0.2, 0.25) is 5.91 Å². The van der Waals surface area contributed by atoms with Gasteiger partial charge in [-0.15, -0.1) is 0 Å². The molecule has 1 amide bonds. The molecular weight excluding hydrogens is 310 g/mol. The van der Waals surface area contributed by atoms with E-state index in [-0.39, 0.29) is 18.4 Å². The zero-order valence-electron chi connectivity index (χ0n) is 14.4. The van der Waals surface area contributed by atoms with Gasteiger partial charge in [-0.2, -0.15) is 0 Å². The van der Waals surface area contributed by atoms with Gasteiger partial charge in [-0.05, 0) is 55.9 Å². The quantitative estimate of drug-likeness (QED) is 0.831. The number of amides is 1. The first-order chi connectivity index (χ1) is 11.4. The number of benzene rings is 1. The molecule has 6 heteroatoms. The maximum Gasteiger partial charge on any atom is 0.329 e. The topological polar surface area (TPSA) is 84.9 Å². The second kappa shape index (κ2) is 7.66. The Labute approximate surface area is 142 Å². The number of carbonyl (C=O) groups is 2. The molecule has 2 rings (SSSR count). The van der Waals surface area contributed by atoms with E-state index < -0.39 is 11.5 Å². The van der Waals surface area contributed by atoms with Crippen molar-refractivity contribution in [1.82, 2.24) is 5.32 Å². The van der Waals surface area contributed by atoms with Crippen LogP contribution in [0.2, 0.25) is 0 Å². The van der Waals surface area contributed by atoms with E-state index in [2.05, 4.69) is 5.32 Å². The van der Waals surface area contributed by atoms with E-state index in [9.17, 15) is 14.7 Å². The summed E-state index contributed by atoms with van der Waals surface area (Å²) in [5.74, 6) is -0.519. The molecular formula is C18H25NO5. The fraction of sp³-hybridized carbons (Fsp3) is 0.556. The zero-order valence-corrected chi connectivity index (χ0v) is 14.4. The molecule has 0 atom stereocenters. The number of aryl methyl sites for hydroxylation is 1. The smallest absolute Gasteiger partial charge is 0.329 e. The van der Waals surface area contributed by atoms with E-state index in [0.717, 1.165) is 16.9 Å². The molecule has 1 aliphatic carbocycles. The van der Waals surface area contributed by atoms with Crippen molar-refractivity contribution in [3.05, 3.63) is 29.3 Å². The minimum Gasteiger partial charge on any atom is -0.497 e. The lowest BCUT2D eigenvalue weighted by molar-refractivity contribution is -0.150.